The van der Waals surface area contributed by atoms with Gasteiger partial charge in [0.05, 0.1) is 11.1 Å². The van der Waals surface area contributed by atoms with Gasteiger partial charge in [-0.1, -0.05) is 18.2 Å². The molecule has 1 aliphatic rings. The Kier molecular flexibility index (Phi) is 4.18. The van der Waals surface area contributed by atoms with Crippen LogP contribution >= 0.6 is 0 Å². The molecule has 0 radical (unpaired) electrons. The molecule has 4 nitrogen and oxygen atoms in total. The van der Waals surface area contributed by atoms with Gasteiger partial charge in [0, 0.05) is 36.6 Å². The Morgan fingerprint density at radius 3 is 2.88 bits per heavy atom. The highest BCUT2D eigenvalue weighted by Crippen LogP contribution is 2.23. The summed E-state index contributed by atoms with van der Waals surface area (Å²) in [7, 11) is 0. The fraction of sp³-hybridized carbons (Fsp3) is 0.286. The van der Waals surface area contributed by atoms with Gasteiger partial charge in [-0.25, -0.2) is 0 Å². The molecule has 1 amide bonds. The van der Waals surface area contributed by atoms with Crippen molar-refractivity contribution in [2.45, 2.75) is 19.8 Å². The second kappa shape index (κ2) is 6.63. The molecule has 1 atom stereocenters. The lowest BCUT2D eigenvalue weighted by molar-refractivity contribution is 0.0786. The number of aryl methyl sites for hydroxylation is 1. The SMILES string of the molecule is Cc1ccc(C(=O)N2CC[C@H](Cc3cnc4ccccc4c3)C2)cn1. The van der Waals surface area contributed by atoms with Crippen molar-refractivity contribution < 1.29 is 4.79 Å². The zero-order valence-electron chi connectivity index (χ0n) is 14.4. The summed E-state index contributed by atoms with van der Waals surface area (Å²) < 4.78 is 0. The zero-order chi connectivity index (χ0) is 17.2. The summed E-state index contributed by atoms with van der Waals surface area (Å²) >= 11 is 0. The maximum Gasteiger partial charge on any atom is 0.255 e. The van der Waals surface area contributed by atoms with Crippen LogP contribution in [0.2, 0.25) is 0 Å². The number of para-hydroxylation sites is 1. The number of nitrogens with zero attached hydrogens (tertiary/aromatic N) is 3. The van der Waals surface area contributed by atoms with E-state index < -0.39 is 0 Å². The third kappa shape index (κ3) is 3.38. The molecule has 4 rings (SSSR count). The number of rotatable bonds is 3. The molecule has 2 aromatic heterocycles. The van der Waals surface area contributed by atoms with Crippen LogP contribution in [-0.2, 0) is 6.42 Å². The number of carbonyl (C=O) groups excluding carboxylic acids is 1. The second-order valence-electron chi connectivity index (χ2n) is 6.83. The molecule has 126 valence electrons. The first-order chi connectivity index (χ1) is 12.2. The maximum absolute atomic E-state index is 12.6. The van der Waals surface area contributed by atoms with E-state index in [0.717, 1.165) is 37.1 Å². The van der Waals surface area contributed by atoms with Gasteiger partial charge in [-0.15, -0.1) is 0 Å². The van der Waals surface area contributed by atoms with Crippen LogP contribution in [0.15, 0.2) is 54.9 Å². The molecule has 0 unspecified atom stereocenters. The largest absolute Gasteiger partial charge is 0.338 e. The van der Waals surface area contributed by atoms with E-state index in [1.807, 2.05) is 48.4 Å². The van der Waals surface area contributed by atoms with E-state index in [0.29, 0.717) is 11.5 Å². The van der Waals surface area contributed by atoms with Gasteiger partial charge in [-0.3, -0.25) is 14.8 Å². The molecule has 3 heterocycles. The molecular weight excluding hydrogens is 310 g/mol. The Labute approximate surface area is 147 Å². The summed E-state index contributed by atoms with van der Waals surface area (Å²) in [6.45, 7) is 3.55. The van der Waals surface area contributed by atoms with E-state index in [4.69, 9.17) is 0 Å². The summed E-state index contributed by atoms with van der Waals surface area (Å²) in [6, 6.07) is 14.2. The molecule has 1 aromatic carbocycles. The quantitative estimate of drug-likeness (QED) is 0.736. The van der Waals surface area contributed by atoms with Gasteiger partial charge in [-0.2, -0.15) is 0 Å². The molecule has 0 bridgehead atoms. The lowest BCUT2D eigenvalue weighted by atomic mass is 9.99. The normalized spacial score (nSPS) is 17.2. The van der Waals surface area contributed by atoms with E-state index in [9.17, 15) is 4.79 Å². The average molecular weight is 331 g/mol. The van der Waals surface area contributed by atoms with Crippen molar-refractivity contribution in [1.82, 2.24) is 14.9 Å². The van der Waals surface area contributed by atoms with Crippen molar-refractivity contribution in [2.75, 3.05) is 13.1 Å². The summed E-state index contributed by atoms with van der Waals surface area (Å²) in [4.78, 5) is 23.3. The molecule has 25 heavy (non-hydrogen) atoms. The Hall–Kier alpha value is -2.75. The van der Waals surface area contributed by atoms with E-state index in [2.05, 4.69) is 22.1 Å². The molecule has 1 aliphatic heterocycles. The summed E-state index contributed by atoms with van der Waals surface area (Å²) in [5.41, 5.74) is 3.88. The van der Waals surface area contributed by atoms with Gasteiger partial charge < -0.3 is 4.90 Å². The lowest BCUT2D eigenvalue weighted by Gasteiger charge is -2.16. The molecule has 0 aliphatic carbocycles. The lowest BCUT2D eigenvalue weighted by Crippen LogP contribution is -2.29. The monoisotopic (exact) mass is 331 g/mol. The van der Waals surface area contributed by atoms with Gasteiger partial charge in [-0.05, 0) is 55.5 Å². The third-order valence-electron chi connectivity index (χ3n) is 4.90. The van der Waals surface area contributed by atoms with E-state index >= 15 is 0 Å². The smallest absolute Gasteiger partial charge is 0.255 e. The number of pyridine rings is 2. The number of carbonyl (C=O) groups is 1. The summed E-state index contributed by atoms with van der Waals surface area (Å²) in [5.74, 6) is 0.581. The number of likely N-dealkylation sites (tertiary alicyclic amines) is 1. The van der Waals surface area contributed by atoms with Crippen LogP contribution in [0.4, 0.5) is 0 Å². The highest BCUT2D eigenvalue weighted by Gasteiger charge is 2.27. The third-order valence-corrected chi connectivity index (χ3v) is 4.90. The number of fused-ring (bicyclic) bond motifs is 1. The number of benzene rings is 1. The van der Waals surface area contributed by atoms with Crippen LogP contribution < -0.4 is 0 Å². The Bertz CT molecular complexity index is 904. The number of amides is 1. The van der Waals surface area contributed by atoms with Crippen molar-refractivity contribution >= 4 is 16.8 Å². The number of hydrogen-bond donors (Lipinski definition) is 0. The van der Waals surface area contributed by atoms with E-state index in [1.165, 1.54) is 10.9 Å². The first kappa shape index (κ1) is 15.8. The fourth-order valence-electron chi connectivity index (χ4n) is 3.52. The molecule has 0 N–H and O–H groups in total. The minimum Gasteiger partial charge on any atom is -0.338 e. The molecule has 1 saturated heterocycles. The van der Waals surface area contributed by atoms with Gasteiger partial charge in [0.1, 0.15) is 0 Å². The van der Waals surface area contributed by atoms with Crippen molar-refractivity contribution in [3.8, 4) is 0 Å². The number of hydrogen-bond acceptors (Lipinski definition) is 3. The minimum atomic E-state index is 0.0895. The molecule has 3 aromatic rings. The molecule has 4 heteroatoms. The van der Waals surface area contributed by atoms with Gasteiger partial charge in [0.2, 0.25) is 0 Å². The minimum absolute atomic E-state index is 0.0895. The van der Waals surface area contributed by atoms with Crippen molar-refractivity contribution in [3.05, 3.63) is 71.7 Å². The predicted octanol–water partition coefficient (Wildman–Crippen LogP) is 3.64. The first-order valence-electron chi connectivity index (χ1n) is 8.74. The Morgan fingerprint density at radius 1 is 1.16 bits per heavy atom. The molecule has 1 fully saturated rings. The number of aromatic nitrogens is 2. The van der Waals surface area contributed by atoms with Crippen LogP contribution in [0.1, 0.15) is 28.0 Å². The van der Waals surface area contributed by atoms with Crippen molar-refractivity contribution in [1.29, 1.82) is 0 Å². The van der Waals surface area contributed by atoms with E-state index in [-0.39, 0.29) is 5.91 Å². The van der Waals surface area contributed by atoms with Crippen LogP contribution in [0.3, 0.4) is 0 Å². The average Bonchev–Trinajstić information content (AvgIpc) is 3.10. The van der Waals surface area contributed by atoms with Crippen LogP contribution in [0.25, 0.3) is 10.9 Å². The molecule has 0 saturated carbocycles. The van der Waals surface area contributed by atoms with Crippen molar-refractivity contribution in [3.63, 3.8) is 0 Å². The summed E-state index contributed by atoms with van der Waals surface area (Å²) in [6.07, 6.45) is 5.65. The first-order valence-corrected chi connectivity index (χ1v) is 8.74. The van der Waals surface area contributed by atoms with Gasteiger partial charge in [0.25, 0.3) is 5.91 Å². The van der Waals surface area contributed by atoms with Crippen LogP contribution in [-0.4, -0.2) is 33.9 Å². The molecule has 0 spiro atoms. The predicted molar refractivity (Wildman–Crippen MR) is 98.4 cm³/mol. The van der Waals surface area contributed by atoms with Crippen molar-refractivity contribution in [2.24, 2.45) is 5.92 Å². The second-order valence-corrected chi connectivity index (χ2v) is 6.83. The highest BCUT2D eigenvalue weighted by atomic mass is 16.2. The van der Waals surface area contributed by atoms with Gasteiger partial charge in [0.15, 0.2) is 0 Å². The van der Waals surface area contributed by atoms with E-state index in [1.54, 1.807) is 6.20 Å². The topological polar surface area (TPSA) is 46.1 Å². The fourth-order valence-corrected chi connectivity index (χ4v) is 3.52. The van der Waals surface area contributed by atoms with Crippen LogP contribution in [0, 0.1) is 12.8 Å². The van der Waals surface area contributed by atoms with Gasteiger partial charge >= 0.3 is 0 Å². The zero-order valence-corrected chi connectivity index (χ0v) is 14.4. The Morgan fingerprint density at radius 2 is 2.04 bits per heavy atom. The maximum atomic E-state index is 12.6. The summed E-state index contributed by atoms with van der Waals surface area (Å²) in [5, 5.41) is 1.18. The van der Waals surface area contributed by atoms with Crippen LogP contribution in [0.5, 0.6) is 0 Å². The standard InChI is InChI=1S/C21H21N3O/c1-15-6-7-19(13-22-15)21(25)24-9-8-16(14-24)10-17-11-18-4-2-3-5-20(18)23-12-17/h2-7,11-13,16H,8-10,14H2,1H3/t16-/m1/s1. The highest BCUT2D eigenvalue weighted by molar-refractivity contribution is 5.94. The molecular formula is C21H21N3O. The Balaban J connectivity index is 1.43.